The summed E-state index contributed by atoms with van der Waals surface area (Å²) in [6.45, 7) is 0. The van der Waals surface area contributed by atoms with Crippen molar-refractivity contribution in [1.82, 2.24) is 0 Å². The molecular formula is C57H39N. The zero-order chi connectivity index (χ0) is 38.2. The topological polar surface area (TPSA) is 3.24 Å². The predicted octanol–water partition coefficient (Wildman–Crippen LogP) is 14.9. The zero-order valence-corrected chi connectivity index (χ0v) is 32.1. The maximum Gasteiger partial charge on any atom is 0.0506 e. The third kappa shape index (κ3) is 5.24. The summed E-state index contributed by atoms with van der Waals surface area (Å²) in [7, 11) is 0. The van der Waals surface area contributed by atoms with Crippen LogP contribution < -0.4 is 4.90 Å². The summed E-state index contributed by atoms with van der Waals surface area (Å²) < 4.78 is 0. The number of hydrogen-bond donors (Lipinski definition) is 0. The van der Waals surface area contributed by atoms with E-state index in [1.807, 2.05) is 0 Å². The predicted molar refractivity (Wildman–Crippen MR) is 242 cm³/mol. The Bertz CT molecular complexity index is 3030. The molecule has 0 bridgehead atoms. The fourth-order valence-electron chi connectivity index (χ4n) is 10.0. The maximum absolute atomic E-state index is 2.54. The van der Waals surface area contributed by atoms with Gasteiger partial charge in [0, 0.05) is 17.8 Å². The smallest absolute Gasteiger partial charge is 0.0506 e. The molecule has 0 saturated carbocycles. The summed E-state index contributed by atoms with van der Waals surface area (Å²) in [5, 5.41) is 0. The first-order valence-electron chi connectivity index (χ1n) is 20.5. The van der Waals surface area contributed by atoms with Crippen molar-refractivity contribution in [3.63, 3.8) is 0 Å². The molecule has 9 aromatic rings. The summed E-state index contributed by atoms with van der Waals surface area (Å²) in [5.41, 5.74) is 28.1. The van der Waals surface area contributed by atoms with Gasteiger partial charge in [-0.05, 0) is 143 Å². The van der Waals surface area contributed by atoms with Crippen LogP contribution in [0.15, 0.2) is 200 Å². The molecule has 3 aliphatic rings. The highest BCUT2D eigenvalue weighted by atomic mass is 15.1. The highest BCUT2D eigenvalue weighted by Crippen LogP contribution is 2.57. The number of hydrogen-bond acceptors (Lipinski definition) is 1. The molecule has 1 heteroatoms. The van der Waals surface area contributed by atoms with Crippen LogP contribution in [0.5, 0.6) is 0 Å². The summed E-state index contributed by atoms with van der Waals surface area (Å²) in [5.74, 6) is 0. The molecule has 0 N–H and O–H groups in total. The van der Waals surface area contributed by atoms with Gasteiger partial charge in [-0.15, -0.1) is 0 Å². The molecule has 0 fully saturated rings. The Morgan fingerprint density at radius 2 is 0.741 bits per heavy atom. The summed E-state index contributed by atoms with van der Waals surface area (Å²) in [6.07, 6.45) is 2.84. The van der Waals surface area contributed by atoms with Crippen LogP contribution in [-0.4, -0.2) is 0 Å². The van der Waals surface area contributed by atoms with E-state index in [4.69, 9.17) is 0 Å². The number of benzene rings is 9. The molecule has 0 radical (unpaired) electrons. The Kier molecular flexibility index (Phi) is 7.50. The fourth-order valence-corrected chi connectivity index (χ4v) is 10.0. The third-order valence-electron chi connectivity index (χ3n) is 12.8. The number of fused-ring (bicyclic) bond motifs is 11. The highest BCUT2D eigenvalue weighted by molar-refractivity contribution is 6.03. The second kappa shape index (κ2) is 13.2. The van der Waals surface area contributed by atoms with Crippen molar-refractivity contribution in [2.75, 3.05) is 4.90 Å². The second-order valence-electron chi connectivity index (χ2n) is 16.0. The molecule has 0 unspecified atom stereocenters. The van der Waals surface area contributed by atoms with Crippen molar-refractivity contribution < 1.29 is 0 Å². The molecule has 9 aromatic carbocycles. The maximum atomic E-state index is 2.54. The summed E-state index contributed by atoms with van der Waals surface area (Å²) >= 11 is 0. The lowest BCUT2D eigenvalue weighted by Gasteiger charge is -2.29. The average Bonchev–Trinajstić information content (AvgIpc) is 3.99. The van der Waals surface area contributed by atoms with E-state index in [2.05, 4.69) is 205 Å². The van der Waals surface area contributed by atoms with Crippen molar-refractivity contribution >= 4 is 17.1 Å². The van der Waals surface area contributed by atoms with Gasteiger partial charge in [-0.3, -0.25) is 0 Å². The van der Waals surface area contributed by atoms with Gasteiger partial charge >= 0.3 is 0 Å². The van der Waals surface area contributed by atoms with Crippen molar-refractivity contribution in [1.29, 1.82) is 0 Å². The van der Waals surface area contributed by atoms with E-state index in [-0.39, 0.29) is 0 Å². The van der Waals surface area contributed by atoms with Gasteiger partial charge in [0.15, 0.2) is 0 Å². The quantitative estimate of drug-likeness (QED) is 0.164. The molecule has 272 valence electrons. The standard InChI is InChI=1S/C57H39N/c1-3-11-37(12-4-1)39-19-21-40(22-20-39)42-25-30-48(31-26-42)58(47-28-23-41(24-29-47)38-13-5-2-6-14-38)54-36-46-33-45-27-32-51-49-17-9-7-15-43(49)34-52(51)55(45)56(46)57-50-18-10-8-16-44(50)35-53(54)57/h1-32,36H,33-35H2. The summed E-state index contributed by atoms with van der Waals surface area (Å²) in [6, 6.07) is 74.1. The Hall–Kier alpha value is -7.22. The lowest BCUT2D eigenvalue weighted by molar-refractivity contribution is 1.18. The molecule has 3 aliphatic carbocycles. The van der Waals surface area contributed by atoms with Gasteiger partial charge in [-0.2, -0.15) is 0 Å². The molecule has 1 nitrogen and oxygen atoms in total. The van der Waals surface area contributed by atoms with Gasteiger partial charge in [0.25, 0.3) is 0 Å². The van der Waals surface area contributed by atoms with Crippen LogP contribution >= 0.6 is 0 Å². The molecule has 12 rings (SSSR count). The van der Waals surface area contributed by atoms with E-state index in [1.165, 1.54) is 106 Å². The minimum absolute atomic E-state index is 0.906. The van der Waals surface area contributed by atoms with Crippen LogP contribution in [-0.2, 0) is 19.3 Å². The van der Waals surface area contributed by atoms with E-state index >= 15 is 0 Å². The average molecular weight is 738 g/mol. The van der Waals surface area contributed by atoms with Gasteiger partial charge in [0.1, 0.15) is 0 Å². The molecule has 0 aliphatic heterocycles. The van der Waals surface area contributed by atoms with Crippen LogP contribution in [0.4, 0.5) is 17.1 Å². The molecule has 0 heterocycles. The van der Waals surface area contributed by atoms with Gasteiger partial charge in [0.05, 0.1) is 5.69 Å². The Labute approximate surface area is 340 Å². The first-order chi connectivity index (χ1) is 28.7. The largest absolute Gasteiger partial charge is 0.310 e. The molecule has 0 spiro atoms. The van der Waals surface area contributed by atoms with Gasteiger partial charge in [0.2, 0.25) is 0 Å². The minimum atomic E-state index is 0.906. The first-order valence-corrected chi connectivity index (χ1v) is 20.5. The Balaban J connectivity index is 1.02. The van der Waals surface area contributed by atoms with Crippen molar-refractivity contribution in [2.24, 2.45) is 0 Å². The van der Waals surface area contributed by atoms with Gasteiger partial charge in [-0.25, -0.2) is 0 Å². The van der Waals surface area contributed by atoms with Crippen LogP contribution in [0.3, 0.4) is 0 Å². The second-order valence-corrected chi connectivity index (χ2v) is 16.0. The monoisotopic (exact) mass is 737 g/mol. The first kappa shape index (κ1) is 33.0. The van der Waals surface area contributed by atoms with E-state index in [1.54, 1.807) is 0 Å². The van der Waals surface area contributed by atoms with Crippen LogP contribution in [0, 0.1) is 0 Å². The third-order valence-corrected chi connectivity index (χ3v) is 12.8. The van der Waals surface area contributed by atoms with Gasteiger partial charge < -0.3 is 4.90 Å². The number of anilines is 3. The van der Waals surface area contributed by atoms with E-state index in [0.29, 0.717) is 0 Å². The van der Waals surface area contributed by atoms with Crippen LogP contribution in [0.25, 0.3) is 66.8 Å². The zero-order valence-electron chi connectivity index (χ0n) is 32.1. The normalized spacial score (nSPS) is 12.6. The van der Waals surface area contributed by atoms with Crippen LogP contribution in [0.1, 0.15) is 33.4 Å². The van der Waals surface area contributed by atoms with E-state index in [0.717, 1.165) is 30.6 Å². The van der Waals surface area contributed by atoms with Crippen molar-refractivity contribution in [2.45, 2.75) is 19.3 Å². The molecule has 0 saturated heterocycles. The number of nitrogens with zero attached hydrogens (tertiary/aromatic N) is 1. The van der Waals surface area contributed by atoms with E-state index < -0.39 is 0 Å². The van der Waals surface area contributed by atoms with E-state index in [9.17, 15) is 0 Å². The molecule has 0 aromatic heterocycles. The molecule has 0 amide bonds. The van der Waals surface area contributed by atoms with Crippen LogP contribution in [0.2, 0.25) is 0 Å². The summed E-state index contributed by atoms with van der Waals surface area (Å²) in [4.78, 5) is 2.52. The minimum Gasteiger partial charge on any atom is -0.310 e. The lowest BCUT2D eigenvalue weighted by Crippen LogP contribution is -2.13. The molecule has 0 atom stereocenters. The fraction of sp³-hybridized carbons (Fsp3) is 0.0526. The van der Waals surface area contributed by atoms with Crippen molar-refractivity contribution in [3.05, 3.63) is 234 Å². The van der Waals surface area contributed by atoms with Crippen molar-refractivity contribution in [3.8, 4) is 66.8 Å². The SMILES string of the molecule is c1ccc(-c2ccc(-c3ccc(N(c4ccc(-c5ccccc5)cc4)c4cc5c(c6c4Cc4ccccc4-6)-c4c(ccc6c4Cc4ccccc4-6)C5)cc3)cc2)cc1. The lowest BCUT2D eigenvalue weighted by atomic mass is 9.88. The molecule has 58 heavy (non-hydrogen) atoms. The number of rotatable bonds is 6. The highest BCUT2D eigenvalue weighted by Gasteiger charge is 2.36. The Morgan fingerprint density at radius 1 is 0.276 bits per heavy atom. The Morgan fingerprint density at radius 3 is 1.33 bits per heavy atom. The molecular weight excluding hydrogens is 699 g/mol. The van der Waals surface area contributed by atoms with Gasteiger partial charge in [-0.1, -0.05) is 170 Å².